The van der Waals surface area contributed by atoms with Gasteiger partial charge in [-0.3, -0.25) is 4.79 Å². The molecule has 0 radical (unpaired) electrons. The Balaban J connectivity index is 2.05. The highest BCUT2D eigenvalue weighted by Crippen LogP contribution is 2.24. The minimum atomic E-state index is -0.233. The fraction of sp³-hybridized carbons (Fsp3) is 0.632. The fourth-order valence-corrected chi connectivity index (χ4v) is 3.13. The first-order chi connectivity index (χ1) is 13.2. The maximum Gasteiger partial charge on any atom is 0.222 e. The Hall–Kier alpha value is -2.35. The van der Waals surface area contributed by atoms with Gasteiger partial charge in [-0.05, 0) is 32.8 Å². The van der Waals surface area contributed by atoms with Crippen molar-refractivity contribution in [3.8, 4) is 0 Å². The Morgan fingerprint density at radius 2 is 2.30 bits per heavy atom. The van der Waals surface area contributed by atoms with Gasteiger partial charge in [-0.1, -0.05) is 6.07 Å². The van der Waals surface area contributed by atoms with Crippen LogP contribution in [0.2, 0.25) is 0 Å². The van der Waals surface area contributed by atoms with Gasteiger partial charge in [-0.15, -0.1) is 0 Å². The molecule has 2 rings (SSSR count). The summed E-state index contributed by atoms with van der Waals surface area (Å²) in [6.45, 7) is 8.85. The molecule has 1 aromatic rings. The number of rotatable bonds is 9. The van der Waals surface area contributed by atoms with E-state index >= 15 is 0 Å². The number of nitrogens with one attached hydrogen (secondary N) is 2. The summed E-state index contributed by atoms with van der Waals surface area (Å²) in [4.78, 5) is 23.0. The van der Waals surface area contributed by atoms with Gasteiger partial charge >= 0.3 is 0 Å². The summed E-state index contributed by atoms with van der Waals surface area (Å²) in [5, 5.41) is 6.50. The molecule has 1 aliphatic heterocycles. The number of nitrogens with two attached hydrogens (primary N) is 1. The molecular weight excluding hydrogens is 344 g/mol. The van der Waals surface area contributed by atoms with Crippen molar-refractivity contribution in [1.29, 1.82) is 0 Å². The van der Waals surface area contributed by atoms with Gasteiger partial charge in [-0.25, -0.2) is 9.98 Å². The number of ether oxygens (including phenoxy) is 1. The van der Waals surface area contributed by atoms with Crippen LogP contribution >= 0.6 is 0 Å². The lowest BCUT2D eigenvalue weighted by Gasteiger charge is -2.33. The van der Waals surface area contributed by atoms with E-state index in [1.165, 1.54) is 0 Å². The molecule has 4 N–H and O–H groups in total. The molecule has 0 saturated carbocycles. The number of carbonyl (C=O) groups excluding carboxylic acids is 1. The summed E-state index contributed by atoms with van der Waals surface area (Å²) < 4.78 is 5.35. The Labute approximate surface area is 161 Å². The predicted octanol–water partition coefficient (Wildman–Crippen LogP) is 0.875. The van der Waals surface area contributed by atoms with Crippen LogP contribution < -0.4 is 21.3 Å². The van der Waals surface area contributed by atoms with Crippen LogP contribution in [0.1, 0.15) is 32.3 Å². The molecule has 0 aromatic carbocycles. The molecule has 0 spiro atoms. The molecule has 0 aliphatic carbocycles. The minimum Gasteiger partial charge on any atom is -0.380 e. The molecule has 1 saturated heterocycles. The van der Waals surface area contributed by atoms with Gasteiger partial charge < -0.3 is 26.0 Å². The van der Waals surface area contributed by atoms with E-state index in [9.17, 15) is 4.79 Å². The Morgan fingerprint density at radius 1 is 1.44 bits per heavy atom. The SMILES string of the molecule is CCNC(=NCc1cccnc1N1CCCC(C(N)=O)C1)NCCOCC. The van der Waals surface area contributed by atoms with E-state index in [4.69, 9.17) is 10.5 Å². The lowest BCUT2D eigenvalue weighted by atomic mass is 9.97. The Morgan fingerprint density at radius 3 is 3.04 bits per heavy atom. The van der Waals surface area contributed by atoms with Crippen LogP contribution in [0.5, 0.6) is 0 Å². The average Bonchev–Trinajstić information content (AvgIpc) is 2.69. The Kier molecular flexibility index (Phi) is 8.83. The molecular formula is C19H32N6O2. The molecule has 1 aliphatic rings. The maximum atomic E-state index is 11.6. The van der Waals surface area contributed by atoms with Gasteiger partial charge in [0.2, 0.25) is 5.91 Å². The highest BCUT2D eigenvalue weighted by Gasteiger charge is 2.25. The monoisotopic (exact) mass is 376 g/mol. The second-order valence-corrected chi connectivity index (χ2v) is 6.49. The summed E-state index contributed by atoms with van der Waals surface area (Å²) in [5.41, 5.74) is 6.54. The van der Waals surface area contributed by atoms with Crippen LogP contribution in [-0.4, -0.2) is 56.2 Å². The van der Waals surface area contributed by atoms with E-state index in [1.54, 1.807) is 6.20 Å². The number of hydrogen-bond acceptors (Lipinski definition) is 5. The molecule has 1 amide bonds. The number of nitrogens with zero attached hydrogens (tertiary/aromatic N) is 3. The summed E-state index contributed by atoms with van der Waals surface area (Å²) in [5.74, 6) is 1.29. The van der Waals surface area contributed by atoms with Crippen LogP contribution in [0.3, 0.4) is 0 Å². The van der Waals surface area contributed by atoms with Crippen LogP contribution in [0.15, 0.2) is 23.3 Å². The number of carbonyl (C=O) groups is 1. The summed E-state index contributed by atoms with van der Waals surface area (Å²) in [6, 6.07) is 3.95. The zero-order valence-electron chi connectivity index (χ0n) is 16.4. The molecule has 1 atom stereocenters. The molecule has 8 heteroatoms. The third kappa shape index (κ3) is 6.71. The van der Waals surface area contributed by atoms with Crippen molar-refractivity contribution in [3.05, 3.63) is 23.9 Å². The lowest BCUT2D eigenvalue weighted by Crippen LogP contribution is -2.42. The highest BCUT2D eigenvalue weighted by atomic mass is 16.5. The molecule has 0 bridgehead atoms. The molecule has 8 nitrogen and oxygen atoms in total. The van der Waals surface area contributed by atoms with Crippen molar-refractivity contribution in [3.63, 3.8) is 0 Å². The molecule has 1 unspecified atom stereocenters. The minimum absolute atomic E-state index is 0.116. The van der Waals surface area contributed by atoms with Gasteiger partial charge in [0.15, 0.2) is 5.96 Å². The number of hydrogen-bond donors (Lipinski definition) is 3. The van der Waals surface area contributed by atoms with E-state index in [0.29, 0.717) is 32.8 Å². The Bertz CT molecular complexity index is 622. The van der Waals surface area contributed by atoms with Gasteiger partial charge in [0.25, 0.3) is 0 Å². The average molecular weight is 377 g/mol. The summed E-state index contributed by atoms with van der Waals surface area (Å²) >= 11 is 0. The van der Waals surface area contributed by atoms with E-state index in [2.05, 4.69) is 25.5 Å². The number of pyridine rings is 1. The van der Waals surface area contributed by atoms with Crippen molar-refractivity contribution in [2.75, 3.05) is 44.3 Å². The fourth-order valence-electron chi connectivity index (χ4n) is 3.13. The second-order valence-electron chi connectivity index (χ2n) is 6.49. The summed E-state index contributed by atoms with van der Waals surface area (Å²) in [6.07, 6.45) is 3.57. The largest absolute Gasteiger partial charge is 0.380 e. The van der Waals surface area contributed by atoms with Crippen LogP contribution in [0, 0.1) is 5.92 Å². The normalized spacial score (nSPS) is 17.6. The second kappa shape index (κ2) is 11.4. The first-order valence-corrected chi connectivity index (χ1v) is 9.73. The summed E-state index contributed by atoms with van der Waals surface area (Å²) in [7, 11) is 0. The van der Waals surface area contributed by atoms with Gasteiger partial charge in [0, 0.05) is 44.5 Å². The van der Waals surface area contributed by atoms with E-state index in [-0.39, 0.29) is 11.8 Å². The van der Waals surface area contributed by atoms with Crippen molar-refractivity contribution < 1.29 is 9.53 Å². The molecule has 1 fully saturated rings. The van der Waals surface area contributed by atoms with Crippen molar-refractivity contribution in [2.45, 2.75) is 33.2 Å². The third-order valence-electron chi connectivity index (χ3n) is 4.49. The molecule has 1 aromatic heterocycles. The lowest BCUT2D eigenvalue weighted by molar-refractivity contribution is -0.122. The standard InChI is InChI=1S/C19H32N6O2/c1-3-21-19(23-10-12-27-4-2)24-13-15-7-5-9-22-18(15)25-11-6-8-16(14-25)17(20)26/h5,7,9,16H,3-4,6,8,10-14H2,1-2H3,(H2,20,26)(H2,21,23,24). The van der Waals surface area contributed by atoms with E-state index in [1.807, 2.05) is 26.0 Å². The van der Waals surface area contributed by atoms with Gasteiger partial charge in [0.05, 0.1) is 19.1 Å². The van der Waals surface area contributed by atoms with Gasteiger partial charge in [-0.2, -0.15) is 0 Å². The van der Waals surface area contributed by atoms with Crippen molar-refractivity contribution >= 4 is 17.7 Å². The smallest absolute Gasteiger partial charge is 0.222 e. The highest BCUT2D eigenvalue weighted by molar-refractivity contribution is 5.80. The third-order valence-corrected chi connectivity index (χ3v) is 4.49. The van der Waals surface area contributed by atoms with Crippen molar-refractivity contribution in [2.24, 2.45) is 16.6 Å². The number of anilines is 1. The maximum absolute atomic E-state index is 11.6. The van der Waals surface area contributed by atoms with Crippen LogP contribution in [0.4, 0.5) is 5.82 Å². The zero-order valence-corrected chi connectivity index (χ0v) is 16.4. The first kappa shape index (κ1) is 21.0. The topological polar surface area (TPSA) is 105 Å². The number of guanidine groups is 1. The zero-order chi connectivity index (χ0) is 19.5. The van der Waals surface area contributed by atoms with Crippen molar-refractivity contribution in [1.82, 2.24) is 15.6 Å². The quantitative estimate of drug-likeness (QED) is 0.336. The number of amides is 1. The first-order valence-electron chi connectivity index (χ1n) is 9.73. The number of aromatic nitrogens is 1. The number of piperidine rings is 1. The van der Waals surface area contributed by atoms with E-state index < -0.39 is 0 Å². The van der Waals surface area contributed by atoms with Crippen LogP contribution in [-0.2, 0) is 16.1 Å². The van der Waals surface area contributed by atoms with E-state index in [0.717, 1.165) is 43.3 Å². The van der Waals surface area contributed by atoms with Crippen LogP contribution in [0.25, 0.3) is 0 Å². The molecule has 27 heavy (non-hydrogen) atoms. The predicted molar refractivity (Wildman–Crippen MR) is 108 cm³/mol. The number of aliphatic imine (C=N–C) groups is 1. The molecule has 150 valence electrons. The number of primary amides is 1. The van der Waals surface area contributed by atoms with Gasteiger partial charge in [0.1, 0.15) is 5.82 Å². The molecule has 2 heterocycles.